The van der Waals surface area contributed by atoms with Gasteiger partial charge in [0.05, 0.1) is 14.2 Å². The number of allylic oxidation sites excluding steroid dienone is 1. The molecule has 0 aliphatic carbocycles. The van der Waals surface area contributed by atoms with Gasteiger partial charge in [-0.3, -0.25) is 4.79 Å². The second-order valence-corrected chi connectivity index (χ2v) is 7.08. The zero-order chi connectivity index (χ0) is 22.2. The van der Waals surface area contributed by atoms with Crippen molar-refractivity contribution >= 4 is 5.91 Å². The number of aromatic nitrogens is 4. The van der Waals surface area contributed by atoms with Gasteiger partial charge in [-0.1, -0.05) is 36.4 Å². The molecule has 3 rings (SSSR count). The number of methoxy groups -OCH3 is 2. The van der Waals surface area contributed by atoms with Gasteiger partial charge in [-0.2, -0.15) is 0 Å². The van der Waals surface area contributed by atoms with Crippen molar-refractivity contribution in [3.63, 3.8) is 0 Å². The van der Waals surface area contributed by atoms with Crippen LogP contribution in [-0.4, -0.2) is 40.3 Å². The molecule has 1 heterocycles. The van der Waals surface area contributed by atoms with Crippen molar-refractivity contribution in [1.29, 1.82) is 0 Å². The molecule has 0 spiro atoms. The van der Waals surface area contributed by atoms with E-state index in [9.17, 15) is 4.79 Å². The number of hydrogen-bond donors (Lipinski definition) is 1. The average molecular weight is 422 g/mol. The van der Waals surface area contributed by atoms with Crippen LogP contribution in [0.1, 0.15) is 28.6 Å². The summed E-state index contributed by atoms with van der Waals surface area (Å²) in [5.41, 5.74) is 2.87. The van der Waals surface area contributed by atoms with E-state index < -0.39 is 6.04 Å². The van der Waals surface area contributed by atoms with Gasteiger partial charge in [0.1, 0.15) is 11.9 Å². The molecule has 0 aliphatic rings. The molecule has 0 aliphatic heterocycles. The smallest absolute Gasteiger partial charge is 0.245 e. The van der Waals surface area contributed by atoms with E-state index in [1.807, 2.05) is 42.5 Å². The summed E-state index contributed by atoms with van der Waals surface area (Å²) < 4.78 is 12.5. The summed E-state index contributed by atoms with van der Waals surface area (Å²) in [5, 5.41) is 14.7. The topological polar surface area (TPSA) is 91.2 Å². The fourth-order valence-corrected chi connectivity index (χ4v) is 3.48. The van der Waals surface area contributed by atoms with Gasteiger partial charge in [0.25, 0.3) is 0 Å². The molecule has 31 heavy (non-hydrogen) atoms. The predicted octanol–water partition coefficient (Wildman–Crippen LogP) is 2.83. The van der Waals surface area contributed by atoms with Crippen LogP contribution in [0.3, 0.4) is 0 Å². The Labute approximate surface area is 181 Å². The molecule has 0 saturated carbocycles. The molecule has 0 fully saturated rings. The Kier molecular flexibility index (Phi) is 7.37. The second-order valence-electron chi connectivity index (χ2n) is 7.08. The Morgan fingerprint density at radius 3 is 2.58 bits per heavy atom. The quantitative estimate of drug-likeness (QED) is 0.506. The molecular formula is C23H27N5O3. The number of carbonyl (C=O) groups excluding carboxylic acids is 1. The summed E-state index contributed by atoms with van der Waals surface area (Å²) in [6.07, 6.45) is 2.91. The fraction of sp³-hybridized carbons (Fsp3) is 0.304. The highest BCUT2D eigenvalue weighted by molar-refractivity contribution is 5.80. The van der Waals surface area contributed by atoms with Gasteiger partial charge in [-0.15, -0.1) is 11.7 Å². The molecule has 8 nitrogen and oxygen atoms in total. The Morgan fingerprint density at radius 1 is 1.19 bits per heavy atom. The van der Waals surface area contributed by atoms with Gasteiger partial charge in [0, 0.05) is 18.5 Å². The lowest BCUT2D eigenvalue weighted by atomic mass is 10.0. The summed E-state index contributed by atoms with van der Waals surface area (Å²) >= 11 is 0. The summed E-state index contributed by atoms with van der Waals surface area (Å²) in [7, 11) is 3.20. The van der Waals surface area contributed by atoms with Crippen LogP contribution in [0.5, 0.6) is 11.5 Å². The van der Waals surface area contributed by atoms with E-state index in [-0.39, 0.29) is 5.91 Å². The number of rotatable bonds is 10. The number of nitrogens with zero attached hydrogens (tertiary/aromatic N) is 4. The van der Waals surface area contributed by atoms with Crippen molar-refractivity contribution in [2.24, 2.45) is 0 Å². The van der Waals surface area contributed by atoms with E-state index >= 15 is 0 Å². The lowest BCUT2D eigenvalue weighted by molar-refractivity contribution is -0.124. The van der Waals surface area contributed by atoms with Crippen LogP contribution in [0.2, 0.25) is 0 Å². The Bertz CT molecular complexity index is 1030. The van der Waals surface area contributed by atoms with Crippen LogP contribution in [0.15, 0.2) is 55.1 Å². The largest absolute Gasteiger partial charge is 0.493 e. The molecule has 1 aromatic heterocycles. The number of ether oxygens (including phenoxy) is 2. The van der Waals surface area contributed by atoms with E-state index in [2.05, 4.69) is 27.4 Å². The maximum Gasteiger partial charge on any atom is 0.245 e. The number of amides is 1. The van der Waals surface area contributed by atoms with Crippen LogP contribution in [-0.2, 0) is 24.2 Å². The van der Waals surface area contributed by atoms with Gasteiger partial charge in [-0.05, 0) is 47.0 Å². The molecule has 0 bridgehead atoms. The van der Waals surface area contributed by atoms with Gasteiger partial charge in [-0.25, -0.2) is 4.68 Å². The van der Waals surface area contributed by atoms with Crippen molar-refractivity contribution in [2.75, 3.05) is 14.2 Å². The van der Waals surface area contributed by atoms with Crippen LogP contribution in [0.4, 0.5) is 0 Å². The number of nitrogens with one attached hydrogen (secondary N) is 1. The average Bonchev–Trinajstić information content (AvgIpc) is 3.21. The molecule has 0 radical (unpaired) electrons. The SMILES string of the molecule is C=CCc1cc(CNC(=O)C(Cc2ccccc2)n2nnnc2C)cc(OC)c1OC. The molecule has 3 aromatic rings. The van der Waals surface area contributed by atoms with Gasteiger partial charge in [0.15, 0.2) is 11.5 Å². The minimum absolute atomic E-state index is 0.167. The highest BCUT2D eigenvalue weighted by Crippen LogP contribution is 2.33. The third kappa shape index (κ3) is 5.28. The van der Waals surface area contributed by atoms with Gasteiger partial charge < -0.3 is 14.8 Å². The van der Waals surface area contributed by atoms with Crippen LogP contribution >= 0.6 is 0 Å². The first-order valence-electron chi connectivity index (χ1n) is 9.98. The van der Waals surface area contributed by atoms with Crippen molar-refractivity contribution in [2.45, 2.75) is 32.4 Å². The molecule has 1 atom stereocenters. The number of aryl methyl sites for hydroxylation is 1. The summed E-state index contributed by atoms with van der Waals surface area (Å²) in [4.78, 5) is 13.2. The summed E-state index contributed by atoms with van der Waals surface area (Å²) in [5.74, 6) is 1.70. The van der Waals surface area contributed by atoms with Crippen LogP contribution < -0.4 is 14.8 Å². The molecule has 8 heteroatoms. The zero-order valence-corrected chi connectivity index (χ0v) is 18.0. The van der Waals surface area contributed by atoms with E-state index in [0.717, 1.165) is 16.7 Å². The Hall–Kier alpha value is -3.68. The monoisotopic (exact) mass is 421 g/mol. The first kappa shape index (κ1) is 22.0. The maximum atomic E-state index is 13.2. The van der Waals surface area contributed by atoms with Crippen molar-refractivity contribution in [3.8, 4) is 11.5 Å². The first-order chi connectivity index (χ1) is 15.1. The standard InChI is InChI=1S/C23H27N5O3/c1-5-9-19-12-18(14-21(30-3)22(19)31-4)15-24-23(29)20(28-16(2)25-26-27-28)13-17-10-7-6-8-11-17/h5-8,10-12,14,20H,1,9,13,15H2,2-4H3,(H,24,29). The number of benzene rings is 2. The second kappa shape index (κ2) is 10.4. The Morgan fingerprint density at radius 2 is 1.97 bits per heavy atom. The molecule has 1 amide bonds. The molecule has 0 saturated heterocycles. The number of carbonyl (C=O) groups is 1. The summed E-state index contributed by atoms with van der Waals surface area (Å²) in [6.45, 7) is 5.91. The predicted molar refractivity (Wildman–Crippen MR) is 117 cm³/mol. The fourth-order valence-electron chi connectivity index (χ4n) is 3.48. The molecule has 1 unspecified atom stereocenters. The van der Waals surface area contributed by atoms with E-state index in [4.69, 9.17) is 9.47 Å². The van der Waals surface area contributed by atoms with Crippen molar-refractivity contribution in [3.05, 3.63) is 77.6 Å². The third-order valence-corrected chi connectivity index (χ3v) is 4.97. The van der Waals surface area contributed by atoms with E-state index in [1.165, 1.54) is 0 Å². The zero-order valence-electron chi connectivity index (χ0n) is 18.0. The van der Waals surface area contributed by atoms with Gasteiger partial charge in [0.2, 0.25) is 5.91 Å². The lowest BCUT2D eigenvalue weighted by Crippen LogP contribution is -2.34. The number of tetrazole rings is 1. The molecule has 162 valence electrons. The van der Waals surface area contributed by atoms with Crippen molar-refractivity contribution in [1.82, 2.24) is 25.5 Å². The molecule has 1 N–H and O–H groups in total. The van der Waals surface area contributed by atoms with E-state index in [1.54, 1.807) is 31.9 Å². The van der Waals surface area contributed by atoms with Crippen LogP contribution in [0.25, 0.3) is 0 Å². The highest BCUT2D eigenvalue weighted by atomic mass is 16.5. The Balaban J connectivity index is 1.81. The van der Waals surface area contributed by atoms with Crippen molar-refractivity contribution < 1.29 is 14.3 Å². The van der Waals surface area contributed by atoms with Crippen LogP contribution in [0, 0.1) is 6.92 Å². The highest BCUT2D eigenvalue weighted by Gasteiger charge is 2.24. The minimum atomic E-state index is -0.565. The maximum absolute atomic E-state index is 13.2. The number of hydrogen-bond acceptors (Lipinski definition) is 6. The summed E-state index contributed by atoms with van der Waals surface area (Å²) in [6, 6.07) is 13.1. The van der Waals surface area contributed by atoms with E-state index in [0.29, 0.717) is 36.7 Å². The minimum Gasteiger partial charge on any atom is -0.493 e. The first-order valence-corrected chi connectivity index (χ1v) is 9.98. The third-order valence-electron chi connectivity index (χ3n) is 4.97. The molecule has 2 aromatic carbocycles. The molecular weight excluding hydrogens is 394 g/mol. The van der Waals surface area contributed by atoms with Gasteiger partial charge >= 0.3 is 0 Å². The lowest BCUT2D eigenvalue weighted by Gasteiger charge is -2.19. The normalized spacial score (nSPS) is 11.6.